The van der Waals surface area contributed by atoms with Crippen molar-refractivity contribution in [2.75, 3.05) is 49.3 Å². The molecule has 26 nitrogen and oxygen atoms in total. The van der Waals surface area contributed by atoms with E-state index in [1.54, 1.807) is 41.4 Å². The number of ether oxygens (including phenoxy) is 20. The van der Waals surface area contributed by atoms with E-state index in [9.17, 15) is 20.1 Å². The van der Waals surface area contributed by atoms with Gasteiger partial charge in [0.2, 0.25) is 12.1 Å². The molecule has 96 heavy (non-hydrogen) atoms. The minimum atomic E-state index is -1.34. The summed E-state index contributed by atoms with van der Waals surface area (Å²) in [5.74, 6) is -0.0779. The number of hydrogen-bond donors (Lipinski definition) is 3. The molecule has 8 heterocycles. The highest BCUT2D eigenvalue weighted by Crippen LogP contribution is 2.68. The molecule has 0 bridgehead atoms. The van der Waals surface area contributed by atoms with E-state index in [0.717, 1.165) is 44.9 Å². The van der Waals surface area contributed by atoms with Gasteiger partial charge in [-0.3, -0.25) is 4.79 Å². The Balaban J connectivity index is 0.606. The van der Waals surface area contributed by atoms with Gasteiger partial charge >= 0.3 is 0 Å². The number of carbonyl (C=O) groups is 1. The first-order valence-corrected chi connectivity index (χ1v) is 35.5. The fraction of sp³-hybridized carbons (Fsp3) is 0.929. The molecule has 8 aliphatic heterocycles. The van der Waals surface area contributed by atoms with Crippen molar-refractivity contribution >= 4 is 5.78 Å². The fourth-order valence-electron chi connectivity index (χ4n) is 19.1. The molecule has 3 saturated carbocycles. The number of ketones is 1. The van der Waals surface area contributed by atoms with E-state index in [1.807, 2.05) is 48.5 Å². The maximum Gasteiger partial charge on any atom is 0.252 e. The molecule has 0 amide bonds. The summed E-state index contributed by atoms with van der Waals surface area (Å²) in [6.45, 7) is 19.9. The van der Waals surface area contributed by atoms with E-state index >= 15 is 0 Å². The van der Waals surface area contributed by atoms with E-state index in [0.29, 0.717) is 55.6 Å². The molecule has 4 aliphatic carbocycles. The third-order valence-electron chi connectivity index (χ3n) is 24.6. The molecule has 0 aromatic carbocycles. The number of Topliss-reactive ketones (excluding diaryl/α,β-unsaturated/α-hetero) is 1. The minimum Gasteiger partial charge on any atom is -0.493 e. The van der Waals surface area contributed by atoms with Crippen molar-refractivity contribution in [1.82, 2.24) is 0 Å². The third kappa shape index (κ3) is 14.2. The number of allylic oxidation sites excluding steroid dienone is 1. The van der Waals surface area contributed by atoms with Crippen LogP contribution >= 0.6 is 0 Å². The van der Waals surface area contributed by atoms with Gasteiger partial charge in [0.05, 0.1) is 98.2 Å². The lowest BCUT2D eigenvalue weighted by Gasteiger charge is -2.59. The summed E-state index contributed by atoms with van der Waals surface area (Å²) in [6, 6.07) is 0. The van der Waals surface area contributed by atoms with Gasteiger partial charge in [-0.2, -0.15) is 4.89 Å². The zero-order valence-electron chi connectivity index (χ0n) is 59.2. The monoisotopic (exact) mass is 1370 g/mol. The van der Waals surface area contributed by atoms with Crippen molar-refractivity contribution < 1.29 is 125 Å². The predicted octanol–water partition coefficient (Wildman–Crippen LogP) is 6.16. The maximum atomic E-state index is 13.1. The van der Waals surface area contributed by atoms with E-state index in [1.165, 1.54) is 19.8 Å². The molecule has 3 N–H and O–H groups in total. The van der Waals surface area contributed by atoms with Crippen molar-refractivity contribution in [3.63, 3.8) is 0 Å². The molecular weight excluding hydrogens is 1260 g/mol. The van der Waals surface area contributed by atoms with E-state index < -0.39 is 171 Å². The van der Waals surface area contributed by atoms with Gasteiger partial charge in [-0.25, -0.2) is 4.89 Å². The molecular formula is C70H112O26. The Hall–Kier alpha value is -2.01. The van der Waals surface area contributed by atoms with Crippen molar-refractivity contribution in [3.8, 4) is 0 Å². The first-order chi connectivity index (χ1) is 45.8. The quantitative estimate of drug-likeness (QED) is 0.0964. The zero-order valence-corrected chi connectivity index (χ0v) is 59.2. The number of rotatable bonds is 19. The Kier molecular flexibility index (Phi) is 23.0. The van der Waals surface area contributed by atoms with Crippen molar-refractivity contribution in [1.29, 1.82) is 0 Å². The molecule has 0 aromatic heterocycles. The lowest BCUT2D eigenvalue weighted by Crippen LogP contribution is -2.61. The largest absolute Gasteiger partial charge is 0.493 e. The molecule has 12 rings (SSSR count). The maximum absolute atomic E-state index is 13.1. The molecule has 26 heteroatoms. The third-order valence-corrected chi connectivity index (χ3v) is 24.6. The van der Waals surface area contributed by atoms with Crippen LogP contribution in [0.25, 0.3) is 0 Å². The lowest BCUT2D eigenvalue weighted by atomic mass is 9.46. The van der Waals surface area contributed by atoms with Gasteiger partial charge < -0.3 is 110 Å². The van der Waals surface area contributed by atoms with Gasteiger partial charge in [-0.05, 0) is 136 Å². The summed E-state index contributed by atoms with van der Waals surface area (Å²) in [4.78, 5) is 25.6. The first kappa shape index (κ1) is 73.7. The fourth-order valence-corrected chi connectivity index (χ4v) is 19.1. The van der Waals surface area contributed by atoms with Gasteiger partial charge in [0.15, 0.2) is 37.2 Å². The predicted molar refractivity (Wildman–Crippen MR) is 336 cm³/mol. The summed E-state index contributed by atoms with van der Waals surface area (Å²) in [5, 5.41) is 34.5. The normalized spacial score (nSPS) is 51.8. The van der Waals surface area contributed by atoms with Crippen LogP contribution < -0.4 is 0 Å². The van der Waals surface area contributed by atoms with Gasteiger partial charge in [-0.15, -0.1) is 0 Å². The topological polar surface area (TPSA) is 281 Å². The standard InChI is InChI=1S/C70H112O26/c1-33-25-46(75-11)57(72)65(82-33)89-42-19-22-67(9)41(26-42)17-18-43-44(67)20-23-68(10)45(43)21-24-70(68,74)40(8)88-52-30-50-63(38(6)86-52)95-96-69(32-81-50)31-51(79-15)62(39(7)94-69)92-55-28-48(77-13)60(36(4)84-55)90-53-27-47(76-12)59(35(3)83-53)91-54-29-49(78-14)61(37(5)85-54)93-66-58(73)64(80-16)56(71)34(2)87-66/h17,25,33-40,42-45,47-56,58-66,71,73-74H,18-24,26-32H2,1-16H3/t33-,34-,35+,36-,37-,38-,39-,40+,42-,43+,44-,45-,47+,48+,49+,50+,51+,52+,53-,54+,55+,56-,58-,59-,60+,61+,62+,63-,64+,65+,66+,67-,68+,69+,70+/m0/s1. The Bertz CT molecular complexity index is 2670. The summed E-state index contributed by atoms with van der Waals surface area (Å²) in [6.07, 6.45) is -4.75. The molecule has 1 spiro atoms. The van der Waals surface area contributed by atoms with Crippen molar-refractivity contribution in [2.24, 2.45) is 28.6 Å². The molecule has 10 fully saturated rings. The molecule has 7 saturated heterocycles. The summed E-state index contributed by atoms with van der Waals surface area (Å²) in [7, 11) is 9.41. The Labute approximate surface area is 565 Å². The number of methoxy groups -OCH3 is 6. The number of fused-ring (bicyclic) bond motifs is 6. The van der Waals surface area contributed by atoms with Crippen molar-refractivity contribution in [2.45, 2.75) is 336 Å². The highest BCUT2D eigenvalue weighted by molar-refractivity contribution is 5.96. The number of carbonyl (C=O) groups excluding carboxylic acids is 1. The summed E-state index contributed by atoms with van der Waals surface area (Å²) in [5.41, 5.74) is -0.00329. The van der Waals surface area contributed by atoms with Gasteiger partial charge in [0, 0.05) is 73.1 Å². The molecule has 0 radical (unpaired) electrons. The average Bonchev–Trinajstić information content (AvgIpc) is 1.44. The van der Waals surface area contributed by atoms with Gasteiger partial charge in [0.25, 0.3) is 5.78 Å². The highest BCUT2D eigenvalue weighted by Gasteiger charge is 2.66. The van der Waals surface area contributed by atoms with Crippen LogP contribution in [0.4, 0.5) is 0 Å². The number of hydrogen-bond acceptors (Lipinski definition) is 26. The second kappa shape index (κ2) is 30.0. The van der Waals surface area contributed by atoms with Crippen LogP contribution in [0.2, 0.25) is 0 Å². The molecule has 548 valence electrons. The number of aliphatic hydroxyl groups is 3. The molecule has 35 atom stereocenters. The van der Waals surface area contributed by atoms with Crippen LogP contribution in [-0.2, 0) is 109 Å². The van der Waals surface area contributed by atoms with Gasteiger partial charge in [-0.1, -0.05) is 25.5 Å². The Morgan fingerprint density at radius 3 is 1.77 bits per heavy atom. The van der Waals surface area contributed by atoms with Crippen LogP contribution in [0.3, 0.4) is 0 Å². The highest BCUT2D eigenvalue weighted by atomic mass is 17.2. The summed E-state index contributed by atoms with van der Waals surface area (Å²) < 4.78 is 126. The van der Waals surface area contributed by atoms with Crippen LogP contribution in [0.1, 0.15) is 153 Å². The smallest absolute Gasteiger partial charge is 0.252 e. The second-order valence-corrected chi connectivity index (χ2v) is 30.1. The zero-order chi connectivity index (χ0) is 68.5. The van der Waals surface area contributed by atoms with Crippen LogP contribution in [0.15, 0.2) is 23.5 Å². The van der Waals surface area contributed by atoms with E-state index in [-0.39, 0.29) is 41.8 Å². The van der Waals surface area contributed by atoms with Gasteiger partial charge in [0.1, 0.15) is 55.4 Å². The second-order valence-electron chi connectivity index (χ2n) is 30.1. The van der Waals surface area contributed by atoms with E-state index in [4.69, 9.17) is 105 Å². The first-order valence-electron chi connectivity index (χ1n) is 35.5. The van der Waals surface area contributed by atoms with Crippen molar-refractivity contribution in [3.05, 3.63) is 23.5 Å². The number of aliphatic hydroxyl groups excluding tert-OH is 2. The average molecular weight is 1370 g/mol. The van der Waals surface area contributed by atoms with Crippen LogP contribution in [0, 0.1) is 28.6 Å². The minimum absolute atomic E-state index is 0.0171. The summed E-state index contributed by atoms with van der Waals surface area (Å²) >= 11 is 0. The van der Waals surface area contributed by atoms with E-state index in [2.05, 4.69) is 19.9 Å². The lowest BCUT2D eigenvalue weighted by molar-refractivity contribution is -0.472. The Morgan fingerprint density at radius 1 is 0.594 bits per heavy atom. The molecule has 0 aromatic rings. The van der Waals surface area contributed by atoms with Crippen LogP contribution in [-0.4, -0.2) is 254 Å². The SMILES string of the molecule is COC1=C[C@H](C)O[C@H](O[C@H]2CC[C@@]3(C)C(=CC[C@@H]4[C@@H]3CC[C@]3(C)[C@H]4CC[C@@]3(O)[C@@H](C)O[C@@H]3C[C@H]4OC[C@@]5(C[C@@H](OC)[C@H](O[C@@H]6C[C@@H](OC)[C@H](O[C@H]7C[C@@H](OC)[C@@H](O[C@@H]8C[C@@H](OC)[C@H](O[C@H]9O[C@@H](C)[C@H](O)[C@@H](OC)[C@@H]9O)[C@H](C)O8)[C@@H](C)O7)[C@H](C)O6)[C@H](C)O5)OO[C@H]4[C@H](C)O3)C2)C1=O. The van der Waals surface area contributed by atoms with Crippen LogP contribution in [0.5, 0.6) is 0 Å². The molecule has 12 aliphatic rings. The molecule has 0 unspecified atom stereocenters. The Morgan fingerprint density at radius 2 is 1.18 bits per heavy atom.